The van der Waals surface area contributed by atoms with Crippen LogP contribution in [0.4, 0.5) is 4.79 Å². The third kappa shape index (κ3) is 4.78. The van der Waals surface area contributed by atoms with E-state index in [1.165, 1.54) is 0 Å². The zero-order valence-electron chi connectivity index (χ0n) is 12.4. The summed E-state index contributed by atoms with van der Waals surface area (Å²) in [5, 5.41) is 5.34. The van der Waals surface area contributed by atoms with E-state index in [1.54, 1.807) is 6.07 Å². The number of fused-ring (bicyclic) bond motifs is 1. The monoisotopic (exact) mass is 329 g/mol. The second-order valence-electron chi connectivity index (χ2n) is 4.90. The van der Waals surface area contributed by atoms with Crippen LogP contribution in [0.3, 0.4) is 0 Å². The van der Waals surface area contributed by atoms with Crippen LogP contribution in [0.1, 0.15) is 18.5 Å². The largest absolute Gasteiger partial charge is 0.454 e. The van der Waals surface area contributed by atoms with E-state index in [4.69, 9.17) is 9.47 Å². The third-order valence-corrected chi connectivity index (χ3v) is 3.75. The van der Waals surface area contributed by atoms with Crippen LogP contribution in [0.2, 0.25) is 0 Å². The summed E-state index contributed by atoms with van der Waals surface area (Å²) in [7, 11) is -3.24. The van der Waals surface area contributed by atoms with Gasteiger partial charge in [-0.2, -0.15) is 0 Å². The van der Waals surface area contributed by atoms with Gasteiger partial charge in [0.15, 0.2) is 11.5 Å². The molecule has 0 aliphatic carbocycles. The molecule has 1 atom stereocenters. The Labute approximate surface area is 129 Å². The maximum Gasteiger partial charge on any atom is 0.315 e. The Bertz CT molecular complexity index is 647. The summed E-state index contributed by atoms with van der Waals surface area (Å²) in [6.45, 7) is 2.39. The van der Waals surface area contributed by atoms with Crippen molar-refractivity contribution < 1.29 is 22.7 Å². The van der Waals surface area contributed by atoms with Crippen molar-refractivity contribution in [2.45, 2.75) is 13.0 Å². The molecule has 3 N–H and O–H groups in total. The number of ether oxygens (including phenoxy) is 2. The lowest BCUT2D eigenvalue weighted by Crippen LogP contribution is -2.41. The number of carbonyl (C=O) groups is 1. The summed E-state index contributed by atoms with van der Waals surface area (Å²) in [5.74, 6) is 1.34. The molecule has 1 aromatic carbocycles. The average molecular weight is 329 g/mol. The van der Waals surface area contributed by atoms with Crippen molar-refractivity contribution >= 4 is 16.1 Å². The van der Waals surface area contributed by atoms with Crippen LogP contribution in [0.15, 0.2) is 18.2 Å². The van der Waals surface area contributed by atoms with Crippen molar-refractivity contribution in [1.29, 1.82) is 0 Å². The van der Waals surface area contributed by atoms with Gasteiger partial charge in [-0.25, -0.2) is 17.9 Å². The van der Waals surface area contributed by atoms with Crippen molar-refractivity contribution in [3.63, 3.8) is 0 Å². The fourth-order valence-electron chi connectivity index (χ4n) is 1.93. The van der Waals surface area contributed by atoms with Gasteiger partial charge >= 0.3 is 6.03 Å². The zero-order valence-corrected chi connectivity index (χ0v) is 13.2. The number of carbonyl (C=O) groups excluding carboxylic acids is 1. The van der Waals surface area contributed by atoms with Gasteiger partial charge in [-0.1, -0.05) is 6.07 Å². The molecule has 8 nitrogen and oxygen atoms in total. The van der Waals surface area contributed by atoms with Gasteiger partial charge in [-0.3, -0.25) is 0 Å². The SMILES string of the molecule is CC(NC(=O)NCCNS(C)(=O)=O)c1ccc2c(c1)OCO2. The number of urea groups is 1. The second-order valence-corrected chi connectivity index (χ2v) is 6.73. The highest BCUT2D eigenvalue weighted by molar-refractivity contribution is 7.88. The Balaban J connectivity index is 1.79. The fourth-order valence-corrected chi connectivity index (χ4v) is 2.40. The van der Waals surface area contributed by atoms with Crippen LogP contribution in [-0.2, 0) is 10.0 Å². The lowest BCUT2D eigenvalue weighted by atomic mass is 10.1. The average Bonchev–Trinajstić information content (AvgIpc) is 2.89. The number of amides is 2. The Morgan fingerprint density at radius 2 is 2.00 bits per heavy atom. The van der Waals surface area contributed by atoms with Gasteiger partial charge in [0, 0.05) is 13.1 Å². The molecular weight excluding hydrogens is 310 g/mol. The van der Waals surface area contributed by atoms with Crippen molar-refractivity contribution in [1.82, 2.24) is 15.4 Å². The van der Waals surface area contributed by atoms with Gasteiger partial charge in [-0.15, -0.1) is 0 Å². The number of rotatable bonds is 6. The molecule has 2 rings (SSSR count). The molecule has 0 saturated heterocycles. The maximum absolute atomic E-state index is 11.7. The summed E-state index contributed by atoms with van der Waals surface area (Å²) in [4.78, 5) is 11.7. The summed E-state index contributed by atoms with van der Waals surface area (Å²) >= 11 is 0. The van der Waals surface area contributed by atoms with Crippen LogP contribution < -0.4 is 24.8 Å². The van der Waals surface area contributed by atoms with Crippen molar-refractivity contribution in [3.05, 3.63) is 23.8 Å². The van der Waals surface area contributed by atoms with E-state index >= 15 is 0 Å². The minimum Gasteiger partial charge on any atom is -0.454 e. The minimum absolute atomic E-state index is 0.144. The van der Waals surface area contributed by atoms with Gasteiger partial charge in [0.2, 0.25) is 16.8 Å². The summed E-state index contributed by atoms with van der Waals surface area (Å²) in [6, 6.07) is 4.87. The topological polar surface area (TPSA) is 106 Å². The highest BCUT2D eigenvalue weighted by atomic mass is 32.2. The van der Waals surface area contributed by atoms with E-state index in [9.17, 15) is 13.2 Å². The molecule has 22 heavy (non-hydrogen) atoms. The van der Waals surface area contributed by atoms with Crippen LogP contribution in [0.25, 0.3) is 0 Å². The molecule has 0 aromatic heterocycles. The number of hydrogen-bond donors (Lipinski definition) is 3. The Hall–Kier alpha value is -2.00. The number of benzene rings is 1. The van der Waals surface area contributed by atoms with Crippen molar-refractivity contribution in [2.75, 3.05) is 26.1 Å². The van der Waals surface area contributed by atoms with E-state index in [0.29, 0.717) is 11.5 Å². The maximum atomic E-state index is 11.7. The predicted molar refractivity (Wildman–Crippen MR) is 80.4 cm³/mol. The zero-order chi connectivity index (χ0) is 16.2. The van der Waals surface area contributed by atoms with E-state index in [-0.39, 0.29) is 32.0 Å². The van der Waals surface area contributed by atoms with E-state index < -0.39 is 10.0 Å². The van der Waals surface area contributed by atoms with E-state index in [0.717, 1.165) is 11.8 Å². The molecule has 0 bridgehead atoms. The normalized spacial score (nSPS) is 14.5. The van der Waals surface area contributed by atoms with Gasteiger partial charge < -0.3 is 20.1 Å². The summed E-state index contributed by atoms with van der Waals surface area (Å²) < 4.78 is 34.5. The van der Waals surface area contributed by atoms with Crippen LogP contribution in [0.5, 0.6) is 11.5 Å². The van der Waals surface area contributed by atoms with Gasteiger partial charge in [0.1, 0.15) is 0 Å². The quantitative estimate of drug-likeness (QED) is 0.652. The first-order chi connectivity index (χ1) is 10.3. The van der Waals surface area contributed by atoms with Gasteiger partial charge in [-0.05, 0) is 24.6 Å². The first kappa shape index (κ1) is 16.4. The second kappa shape index (κ2) is 6.84. The highest BCUT2D eigenvalue weighted by Crippen LogP contribution is 2.34. The minimum atomic E-state index is -3.24. The molecule has 1 aliphatic heterocycles. The van der Waals surface area contributed by atoms with Crippen LogP contribution in [0, 0.1) is 0 Å². The lowest BCUT2D eigenvalue weighted by Gasteiger charge is -2.15. The molecule has 1 aliphatic rings. The molecule has 1 heterocycles. The van der Waals surface area contributed by atoms with E-state index in [2.05, 4.69) is 15.4 Å². The molecule has 0 spiro atoms. The molecule has 0 radical (unpaired) electrons. The van der Waals surface area contributed by atoms with Crippen LogP contribution in [-0.4, -0.2) is 40.6 Å². The molecule has 0 fully saturated rings. The molecular formula is C13H19N3O5S. The molecule has 1 unspecified atom stereocenters. The molecule has 2 amide bonds. The lowest BCUT2D eigenvalue weighted by molar-refractivity contribution is 0.174. The van der Waals surface area contributed by atoms with Crippen LogP contribution >= 0.6 is 0 Å². The van der Waals surface area contributed by atoms with Gasteiger partial charge in [0.25, 0.3) is 0 Å². The predicted octanol–water partition coefficient (Wildman–Crippen LogP) is 0.325. The Kier molecular flexibility index (Phi) is 5.09. The number of sulfonamides is 1. The summed E-state index contributed by atoms with van der Waals surface area (Å²) in [6.07, 6.45) is 1.06. The first-order valence-corrected chi connectivity index (χ1v) is 8.63. The third-order valence-electron chi connectivity index (χ3n) is 3.02. The number of nitrogens with one attached hydrogen (secondary N) is 3. The van der Waals surface area contributed by atoms with Gasteiger partial charge in [0.05, 0.1) is 12.3 Å². The molecule has 122 valence electrons. The Morgan fingerprint density at radius 1 is 1.27 bits per heavy atom. The first-order valence-electron chi connectivity index (χ1n) is 6.74. The van der Waals surface area contributed by atoms with Crippen molar-refractivity contribution in [2.24, 2.45) is 0 Å². The Morgan fingerprint density at radius 3 is 2.73 bits per heavy atom. The highest BCUT2D eigenvalue weighted by Gasteiger charge is 2.16. The van der Waals surface area contributed by atoms with E-state index in [1.807, 2.05) is 19.1 Å². The number of hydrogen-bond acceptors (Lipinski definition) is 5. The molecule has 9 heteroatoms. The smallest absolute Gasteiger partial charge is 0.315 e. The summed E-state index contributed by atoms with van der Waals surface area (Å²) in [5.41, 5.74) is 0.883. The standard InChI is InChI=1S/C13H19N3O5S/c1-9(10-3-4-11-12(7-10)21-8-20-11)16-13(17)14-5-6-15-22(2,18)19/h3-4,7,9,15H,5-6,8H2,1-2H3,(H2,14,16,17). The molecule has 1 aromatic rings. The molecule has 0 saturated carbocycles. The van der Waals surface area contributed by atoms with Crippen molar-refractivity contribution in [3.8, 4) is 11.5 Å². The fraction of sp³-hybridized carbons (Fsp3) is 0.462.